The maximum Gasteiger partial charge on any atom is 0.0704 e. The fourth-order valence-electron chi connectivity index (χ4n) is 11.6. The summed E-state index contributed by atoms with van der Waals surface area (Å²) in [6, 6.07) is 93.0. The van der Waals surface area contributed by atoms with Crippen molar-refractivity contribution >= 4 is 21.5 Å². The molecule has 83 heavy (non-hydrogen) atoms. The summed E-state index contributed by atoms with van der Waals surface area (Å²) in [7, 11) is 0. The fraction of sp³-hybridized carbons (Fsp3) is 0.0375. The Bertz CT molecular complexity index is 5080. The molecule has 0 aliphatic rings. The zero-order chi connectivity index (χ0) is 63.3. The third-order valence-electron chi connectivity index (χ3n) is 15.8. The van der Waals surface area contributed by atoms with Crippen molar-refractivity contribution in [1.29, 1.82) is 0 Å². The van der Waals surface area contributed by atoms with Crippen molar-refractivity contribution in [1.82, 2.24) is 15.0 Å². The van der Waals surface area contributed by atoms with Gasteiger partial charge in [0, 0.05) is 47.6 Å². The summed E-state index contributed by atoms with van der Waals surface area (Å²) >= 11 is 0. The molecule has 3 aromatic heterocycles. The van der Waals surface area contributed by atoms with Crippen LogP contribution in [-0.4, -0.2) is 15.0 Å². The number of aromatic nitrogens is 3. The molecular formula is C80H57N3. The van der Waals surface area contributed by atoms with E-state index in [1.165, 1.54) is 18.5 Å². The van der Waals surface area contributed by atoms with Gasteiger partial charge in [0.05, 0.1) is 17.1 Å². The van der Waals surface area contributed by atoms with Crippen molar-refractivity contribution in [3.05, 3.63) is 308 Å². The van der Waals surface area contributed by atoms with E-state index in [9.17, 15) is 0 Å². The molecule has 0 fully saturated rings. The number of nitrogens with zero attached hydrogens (tertiary/aromatic N) is 3. The minimum atomic E-state index is -2.30. The van der Waals surface area contributed by atoms with Gasteiger partial charge in [0.25, 0.3) is 0 Å². The first-order valence-electron chi connectivity index (χ1n) is 32.2. The molecular weight excluding hydrogens is 1000 g/mol. The molecule has 3 heterocycles. The normalized spacial score (nSPS) is 13.4. The molecule has 3 nitrogen and oxygen atoms in total. The van der Waals surface area contributed by atoms with Crippen LogP contribution in [0.1, 0.15) is 29.0 Å². The first kappa shape index (κ1) is 41.4. The van der Waals surface area contributed by atoms with E-state index in [1.807, 2.05) is 36.4 Å². The lowest BCUT2D eigenvalue weighted by Gasteiger charge is -2.19. The van der Waals surface area contributed by atoms with Crippen LogP contribution in [0.2, 0.25) is 0 Å². The van der Waals surface area contributed by atoms with Gasteiger partial charge in [-0.1, -0.05) is 212 Å². The molecule has 0 radical (unpaired) electrons. The van der Waals surface area contributed by atoms with Crippen LogP contribution in [-0.2, 0) is 0 Å². The highest BCUT2D eigenvalue weighted by molar-refractivity contribution is 6.10. The van der Waals surface area contributed by atoms with Crippen molar-refractivity contribution < 1.29 is 12.3 Å². The second kappa shape index (κ2) is 21.8. The van der Waals surface area contributed by atoms with E-state index in [4.69, 9.17) is 17.3 Å². The molecule has 11 aromatic carbocycles. The predicted molar refractivity (Wildman–Crippen MR) is 349 cm³/mol. The van der Waals surface area contributed by atoms with Crippen molar-refractivity contribution in [3.8, 4) is 123 Å². The highest BCUT2D eigenvalue weighted by Crippen LogP contribution is 2.46. The summed E-state index contributed by atoms with van der Waals surface area (Å²) < 4.78 is 71.9. The molecule has 0 N–H and O–H groups in total. The molecule has 0 atom stereocenters. The maximum absolute atomic E-state index is 8.07. The van der Waals surface area contributed by atoms with Crippen LogP contribution in [0.15, 0.2) is 292 Å². The second-order valence-electron chi connectivity index (χ2n) is 20.9. The highest BCUT2D eigenvalue weighted by atomic mass is 14.7. The lowest BCUT2D eigenvalue weighted by Crippen LogP contribution is -1.94. The summed E-state index contributed by atoms with van der Waals surface area (Å²) in [4.78, 5) is 13.8. The van der Waals surface area contributed by atoms with Crippen molar-refractivity contribution in [2.75, 3.05) is 0 Å². The number of hydrogen-bond acceptors (Lipinski definition) is 3. The van der Waals surface area contributed by atoms with E-state index in [1.54, 1.807) is 36.5 Å². The van der Waals surface area contributed by atoms with Gasteiger partial charge < -0.3 is 0 Å². The Kier molecular flexibility index (Phi) is 10.9. The highest BCUT2D eigenvalue weighted by Gasteiger charge is 2.20. The first-order valence-corrected chi connectivity index (χ1v) is 27.7. The molecule has 0 amide bonds. The minimum Gasteiger partial charge on any atom is -0.256 e. The van der Waals surface area contributed by atoms with Gasteiger partial charge in [0.2, 0.25) is 0 Å². The number of benzene rings is 11. The average Bonchev–Trinajstić information content (AvgIpc) is 0.781. The Morgan fingerprint density at radius 2 is 0.663 bits per heavy atom. The van der Waals surface area contributed by atoms with Crippen LogP contribution < -0.4 is 0 Å². The van der Waals surface area contributed by atoms with Crippen LogP contribution in [0, 0.1) is 20.6 Å². The molecule has 0 spiro atoms. The number of fused-ring (bicyclic) bond motifs is 3. The van der Waals surface area contributed by atoms with Crippen molar-refractivity contribution in [2.45, 2.75) is 20.6 Å². The Hall–Kier alpha value is -10.6. The number of rotatable bonds is 11. The zero-order valence-electron chi connectivity index (χ0n) is 54.1. The summed E-state index contributed by atoms with van der Waals surface area (Å²) in [5.74, 6) is 0. The van der Waals surface area contributed by atoms with Crippen LogP contribution in [0.3, 0.4) is 0 Å². The second-order valence-corrected chi connectivity index (χ2v) is 20.9. The lowest BCUT2D eigenvalue weighted by molar-refractivity contribution is 1.27. The Morgan fingerprint density at radius 3 is 1.20 bits per heavy atom. The maximum atomic E-state index is 8.07. The van der Waals surface area contributed by atoms with Gasteiger partial charge in [-0.15, -0.1) is 0 Å². The van der Waals surface area contributed by atoms with Crippen LogP contribution >= 0.6 is 0 Å². The van der Waals surface area contributed by atoms with E-state index < -0.39 is 20.6 Å². The monoisotopic (exact) mass is 1070 g/mol. The van der Waals surface area contributed by atoms with Gasteiger partial charge >= 0.3 is 0 Å². The van der Waals surface area contributed by atoms with E-state index >= 15 is 0 Å². The standard InChI is InChI=1S/C80H57N3/c1-52-41-42-81-80(43-52)59-29-25-57(26-30-59)69-16-8-10-18-71(69)66-46-65(70-17-9-7-15-68(70)56-23-27-58(28-24-56)78-39-21-53(2)50-82-78)47-67(48-66)72-19-11-12-20-75(72)76-38-35-64(79-40-22-54(3)51-83-79)49-77(76)63-34-37-74-62(45-63)32-31-61-44-60(33-36-73(61)74)55-13-5-4-6-14-55/h4-51H,1-3H3/i1D3,2D3,3D3. The Morgan fingerprint density at radius 1 is 0.229 bits per heavy atom. The molecule has 0 aliphatic heterocycles. The smallest absolute Gasteiger partial charge is 0.0704 e. The molecule has 0 saturated heterocycles. The van der Waals surface area contributed by atoms with E-state index in [-0.39, 0.29) is 16.7 Å². The van der Waals surface area contributed by atoms with Crippen molar-refractivity contribution in [2.24, 2.45) is 0 Å². The Balaban J connectivity index is 0.926. The average molecular weight is 1070 g/mol. The van der Waals surface area contributed by atoms with Gasteiger partial charge in [-0.05, 0) is 208 Å². The van der Waals surface area contributed by atoms with Crippen LogP contribution in [0.4, 0.5) is 0 Å². The molecule has 3 heteroatoms. The SMILES string of the molecule is [2H]C([2H])([2H])c1ccc(-c2ccc(-c3ccccc3-c3cc(-c4ccccc4-c4ccc(-c5cc(C([2H])([2H])[2H])ccn5)cc4)cc(-c4ccccc4-c4ccc(-c5ccc(C([2H])([2H])[2H])cn5)cc4-c4ccc5c(ccc6cc(-c7ccccc7)ccc65)c4)c3)cc2)nc1. The molecule has 0 unspecified atom stereocenters. The van der Waals surface area contributed by atoms with Gasteiger partial charge in [-0.2, -0.15) is 0 Å². The molecule has 14 rings (SSSR count). The van der Waals surface area contributed by atoms with Gasteiger partial charge in [-0.3, -0.25) is 15.0 Å². The summed E-state index contributed by atoms with van der Waals surface area (Å²) in [5.41, 5.74) is 21.2. The fourth-order valence-corrected chi connectivity index (χ4v) is 11.6. The minimum absolute atomic E-state index is 0.176. The topological polar surface area (TPSA) is 38.7 Å². The van der Waals surface area contributed by atoms with Crippen LogP contribution in [0.5, 0.6) is 0 Å². The van der Waals surface area contributed by atoms with Crippen molar-refractivity contribution in [3.63, 3.8) is 0 Å². The third kappa shape index (κ3) is 10.1. The molecule has 392 valence electrons. The molecule has 0 bridgehead atoms. The first-order chi connectivity index (χ1) is 44.5. The zero-order valence-corrected chi connectivity index (χ0v) is 45.1. The third-order valence-corrected chi connectivity index (χ3v) is 15.8. The predicted octanol–water partition coefficient (Wildman–Crippen LogP) is 21.4. The molecule has 0 aliphatic carbocycles. The quantitative estimate of drug-likeness (QED) is 0.121. The number of pyridine rings is 3. The molecule has 14 aromatic rings. The van der Waals surface area contributed by atoms with Gasteiger partial charge in [-0.25, -0.2) is 0 Å². The Labute approximate surface area is 498 Å². The van der Waals surface area contributed by atoms with E-state index in [0.717, 1.165) is 127 Å². The molecule has 0 saturated carbocycles. The van der Waals surface area contributed by atoms with Gasteiger partial charge in [0.1, 0.15) is 0 Å². The van der Waals surface area contributed by atoms with E-state index in [0.29, 0.717) is 17.1 Å². The largest absolute Gasteiger partial charge is 0.256 e. The summed E-state index contributed by atoms with van der Waals surface area (Å²) in [5, 5.41) is 4.54. The number of aryl methyl sites for hydroxylation is 3. The lowest BCUT2D eigenvalue weighted by atomic mass is 9.84. The van der Waals surface area contributed by atoms with E-state index in [2.05, 4.69) is 210 Å². The van der Waals surface area contributed by atoms with Gasteiger partial charge in [0.15, 0.2) is 0 Å². The van der Waals surface area contributed by atoms with Crippen LogP contribution in [0.25, 0.3) is 144 Å². The summed E-state index contributed by atoms with van der Waals surface area (Å²) in [6.07, 6.45) is 4.42. The summed E-state index contributed by atoms with van der Waals surface area (Å²) in [6.45, 7) is -6.81. The number of hydrogen-bond donors (Lipinski definition) is 0.